The van der Waals surface area contributed by atoms with Crippen molar-refractivity contribution in [1.29, 1.82) is 0 Å². The van der Waals surface area contributed by atoms with Gasteiger partial charge in [0.1, 0.15) is 0 Å². The molecule has 118 valence electrons. The monoisotopic (exact) mass is 347 g/mol. The zero-order valence-electron chi connectivity index (χ0n) is 12.7. The number of carbonyl (C=O) groups is 1. The van der Waals surface area contributed by atoms with Crippen LogP contribution in [0.4, 0.5) is 0 Å². The van der Waals surface area contributed by atoms with Crippen LogP contribution in [0.3, 0.4) is 0 Å². The van der Waals surface area contributed by atoms with Crippen LogP contribution in [0.5, 0.6) is 5.75 Å². The summed E-state index contributed by atoms with van der Waals surface area (Å²) in [6, 6.07) is 10.7. The third-order valence-electron chi connectivity index (χ3n) is 3.83. The maximum absolute atomic E-state index is 13.0. The van der Waals surface area contributed by atoms with E-state index in [0.29, 0.717) is 11.3 Å². The molecule has 3 aromatic rings. The molecule has 0 saturated heterocycles. The van der Waals surface area contributed by atoms with Crippen LogP contribution >= 0.6 is 23.2 Å². The summed E-state index contributed by atoms with van der Waals surface area (Å²) in [5, 5.41) is 9.80. The lowest BCUT2D eigenvalue weighted by Crippen LogP contribution is -2.09. The Labute approximate surface area is 144 Å². The summed E-state index contributed by atoms with van der Waals surface area (Å²) in [5.74, 6) is -0.199. The molecule has 0 aliphatic rings. The number of pyridine rings is 1. The summed E-state index contributed by atoms with van der Waals surface area (Å²) in [6.45, 7) is 4.09. The van der Waals surface area contributed by atoms with Gasteiger partial charge in [-0.15, -0.1) is 0 Å². The van der Waals surface area contributed by atoms with E-state index in [-0.39, 0.29) is 27.5 Å². The third kappa shape index (κ3) is 2.71. The summed E-state index contributed by atoms with van der Waals surface area (Å²) in [6.07, 6.45) is 1.86. The number of carbonyl (C=O) groups excluding carboxylic acids is 1. The number of phenolic OH excluding ortho intramolecular Hbond substituents is 1. The molecule has 0 amide bonds. The largest absolute Gasteiger partial charge is 0.505 e. The van der Waals surface area contributed by atoms with Gasteiger partial charge in [0.25, 0.3) is 0 Å². The fourth-order valence-corrected chi connectivity index (χ4v) is 3.15. The Morgan fingerprint density at radius 1 is 1.13 bits per heavy atom. The summed E-state index contributed by atoms with van der Waals surface area (Å²) in [7, 11) is 0. The second-order valence-corrected chi connectivity index (χ2v) is 6.53. The summed E-state index contributed by atoms with van der Waals surface area (Å²) in [4.78, 5) is 13.0. The van der Waals surface area contributed by atoms with Crippen LogP contribution in [-0.2, 0) is 0 Å². The summed E-state index contributed by atoms with van der Waals surface area (Å²) < 4.78 is 1.87. The van der Waals surface area contributed by atoms with Crippen molar-refractivity contribution in [1.82, 2.24) is 4.40 Å². The highest BCUT2D eigenvalue weighted by molar-refractivity contribution is 6.37. The average molecular weight is 348 g/mol. The van der Waals surface area contributed by atoms with Crippen molar-refractivity contribution in [3.05, 3.63) is 69.5 Å². The Morgan fingerprint density at radius 2 is 1.78 bits per heavy atom. The SMILES string of the molecule is CC(C)c1cc2ccccn2c1C(=O)c1cc(Cl)c(O)c(Cl)c1. The topological polar surface area (TPSA) is 41.7 Å². The maximum atomic E-state index is 13.0. The molecule has 0 spiro atoms. The molecular weight excluding hydrogens is 333 g/mol. The number of nitrogens with zero attached hydrogens (tertiary/aromatic N) is 1. The molecule has 0 saturated carbocycles. The molecule has 1 N–H and O–H groups in total. The quantitative estimate of drug-likeness (QED) is 0.652. The number of aromatic nitrogens is 1. The van der Waals surface area contributed by atoms with E-state index in [1.165, 1.54) is 12.1 Å². The van der Waals surface area contributed by atoms with Crippen molar-refractivity contribution < 1.29 is 9.90 Å². The maximum Gasteiger partial charge on any atom is 0.210 e. The molecule has 2 heterocycles. The van der Waals surface area contributed by atoms with Crippen LogP contribution in [0.1, 0.15) is 41.4 Å². The Balaban J connectivity index is 2.23. The van der Waals surface area contributed by atoms with Gasteiger partial charge in [0.15, 0.2) is 5.75 Å². The van der Waals surface area contributed by atoms with Gasteiger partial charge in [-0.25, -0.2) is 0 Å². The molecule has 23 heavy (non-hydrogen) atoms. The molecule has 2 aromatic heterocycles. The molecule has 0 aliphatic heterocycles. The second kappa shape index (κ2) is 5.91. The first-order chi connectivity index (χ1) is 10.9. The van der Waals surface area contributed by atoms with E-state index in [9.17, 15) is 9.90 Å². The minimum Gasteiger partial charge on any atom is -0.505 e. The van der Waals surface area contributed by atoms with Crippen molar-refractivity contribution in [3.8, 4) is 5.75 Å². The molecule has 0 atom stereocenters. The first-order valence-electron chi connectivity index (χ1n) is 7.23. The van der Waals surface area contributed by atoms with E-state index in [4.69, 9.17) is 23.2 Å². The van der Waals surface area contributed by atoms with E-state index < -0.39 is 0 Å². The molecule has 1 aromatic carbocycles. The Kier molecular flexibility index (Phi) is 4.09. The summed E-state index contributed by atoms with van der Waals surface area (Å²) in [5.41, 5.74) is 2.86. The van der Waals surface area contributed by atoms with Crippen molar-refractivity contribution >= 4 is 34.5 Å². The number of benzene rings is 1. The van der Waals surface area contributed by atoms with E-state index in [0.717, 1.165) is 11.1 Å². The van der Waals surface area contributed by atoms with Crippen LogP contribution in [0.2, 0.25) is 10.0 Å². The number of hydrogen-bond acceptors (Lipinski definition) is 2. The number of aromatic hydroxyl groups is 1. The lowest BCUT2D eigenvalue weighted by atomic mass is 9.98. The number of halogens is 2. The van der Waals surface area contributed by atoms with E-state index in [2.05, 4.69) is 0 Å². The lowest BCUT2D eigenvalue weighted by molar-refractivity contribution is 0.103. The Bertz CT molecular complexity index is 890. The Morgan fingerprint density at radius 3 is 2.39 bits per heavy atom. The third-order valence-corrected chi connectivity index (χ3v) is 4.40. The second-order valence-electron chi connectivity index (χ2n) is 5.72. The van der Waals surface area contributed by atoms with Crippen LogP contribution in [0.25, 0.3) is 5.52 Å². The van der Waals surface area contributed by atoms with Crippen molar-refractivity contribution in [2.45, 2.75) is 19.8 Å². The van der Waals surface area contributed by atoms with Gasteiger partial charge in [-0.3, -0.25) is 4.79 Å². The van der Waals surface area contributed by atoms with Gasteiger partial charge in [-0.05, 0) is 41.8 Å². The minimum atomic E-state index is -0.214. The molecule has 3 nitrogen and oxygen atoms in total. The number of ketones is 1. The number of fused-ring (bicyclic) bond motifs is 1. The molecule has 0 unspecified atom stereocenters. The van der Waals surface area contributed by atoms with E-state index >= 15 is 0 Å². The average Bonchev–Trinajstić information content (AvgIpc) is 2.91. The van der Waals surface area contributed by atoms with Gasteiger partial charge in [0, 0.05) is 17.3 Å². The smallest absolute Gasteiger partial charge is 0.210 e. The normalized spacial score (nSPS) is 11.3. The van der Waals surface area contributed by atoms with Crippen molar-refractivity contribution in [2.75, 3.05) is 0 Å². The van der Waals surface area contributed by atoms with Gasteiger partial charge in [0.05, 0.1) is 15.7 Å². The molecule has 0 radical (unpaired) electrons. The molecule has 5 heteroatoms. The summed E-state index contributed by atoms with van der Waals surface area (Å²) >= 11 is 11.9. The van der Waals surface area contributed by atoms with Gasteiger partial charge in [0.2, 0.25) is 5.78 Å². The number of phenols is 1. The van der Waals surface area contributed by atoms with Gasteiger partial charge in [-0.1, -0.05) is 43.1 Å². The highest BCUT2D eigenvalue weighted by Gasteiger charge is 2.22. The standard InChI is InChI=1S/C18H15Cl2NO2/c1-10(2)13-9-12-5-3-4-6-21(12)16(13)17(22)11-7-14(19)18(23)15(20)8-11/h3-10,23H,1-2H3. The molecular formula is C18H15Cl2NO2. The van der Waals surface area contributed by atoms with Crippen LogP contribution in [0.15, 0.2) is 42.6 Å². The first-order valence-corrected chi connectivity index (χ1v) is 7.98. The lowest BCUT2D eigenvalue weighted by Gasteiger charge is -2.10. The predicted octanol–water partition coefficient (Wildman–Crippen LogP) is 5.31. The molecule has 3 rings (SSSR count). The zero-order chi connectivity index (χ0) is 16.7. The number of hydrogen-bond donors (Lipinski definition) is 1. The van der Waals surface area contributed by atoms with Crippen LogP contribution < -0.4 is 0 Å². The van der Waals surface area contributed by atoms with Gasteiger partial charge in [-0.2, -0.15) is 0 Å². The zero-order valence-corrected chi connectivity index (χ0v) is 14.2. The number of rotatable bonds is 3. The van der Waals surface area contributed by atoms with Crippen LogP contribution in [0, 0.1) is 0 Å². The fraction of sp³-hybridized carbons (Fsp3) is 0.167. The van der Waals surface area contributed by atoms with Crippen molar-refractivity contribution in [3.63, 3.8) is 0 Å². The molecule has 0 fully saturated rings. The highest BCUT2D eigenvalue weighted by Crippen LogP contribution is 2.34. The van der Waals surface area contributed by atoms with E-state index in [1.54, 1.807) is 0 Å². The van der Waals surface area contributed by atoms with Gasteiger partial charge < -0.3 is 9.51 Å². The first kappa shape index (κ1) is 15.9. The minimum absolute atomic E-state index is 0.0628. The highest BCUT2D eigenvalue weighted by atomic mass is 35.5. The van der Waals surface area contributed by atoms with Gasteiger partial charge >= 0.3 is 0 Å². The fourth-order valence-electron chi connectivity index (χ4n) is 2.66. The van der Waals surface area contributed by atoms with Crippen molar-refractivity contribution in [2.24, 2.45) is 0 Å². The molecule has 0 aliphatic carbocycles. The van der Waals surface area contributed by atoms with E-state index in [1.807, 2.05) is 48.7 Å². The predicted molar refractivity (Wildman–Crippen MR) is 93.0 cm³/mol. The van der Waals surface area contributed by atoms with Crippen LogP contribution in [-0.4, -0.2) is 15.3 Å². The molecule has 0 bridgehead atoms. The Hall–Kier alpha value is -1.97.